The fourth-order valence-electron chi connectivity index (χ4n) is 4.83. The van der Waals surface area contributed by atoms with Gasteiger partial charge in [-0.05, 0) is 73.4 Å². The molecule has 1 heterocycles. The molecule has 0 spiro atoms. The molecule has 42 heavy (non-hydrogen) atoms. The van der Waals surface area contributed by atoms with Crippen LogP contribution >= 0.6 is 12.4 Å². The lowest BCUT2D eigenvalue weighted by molar-refractivity contribution is 0.122. The van der Waals surface area contributed by atoms with Crippen molar-refractivity contribution >= 4 is 39.8 Å². The van der Waals surface area contributed by atoms with Crippen molar-refractivity contribution in [1.82, 2.24) is 9.80 Å². The summed E-state index contributed by atoms with van der Waals surface area (Å²) in [6.07, 6.45) is 4.52. The molecule has 12 heteroatoms. The molecule has 0 bridgehead atoms. The normalized spacial score (nSPS) is 14.1. The van der Waals surface area contributed by atoms with Gasteiger partial charge >= 0.3 is 6.03 Å². The predicted molar refractivity (Wildman–Crippen MR) is 166 cm³/mol. The van der Waals surface area contributed by atoms with E-state index in [1.54, 1.807) is 29.2 Å². The number of hydrogen-bond acceptors (Lipinski definition) is 6. The monoisotopic (exact) mass is 620 g/mol. The van der Waals surface area contributed by atoms with Crippen LogP contribution in [-0.2, 0) is 16.6 Å². The largest absolute Gasteiger partial charge is 0.508 e. The van der Waals surface area contributed by atoms with E-state index in [-0.39, 0.29) is 35.9 Å². The highest BCUT2D eigenvalue weighted by Crippen LogP contribution is 2.26. The van der Waals surface area contributed by atoms with Crippen molar-refractivity contribution in [2.75, 3.05) is 35.9 Å². The van der Waals surface area contributed by atoms with Gasteiger partial charge in [-0.25, -0.2) is 17.6 Å². The third-order valence-electron chi connectivity index (χ3n) is 6.93. The molecule has 3 aromatic carbocycles. The zero-order valence-corrected chi connectivity index (χ0v) is 25.4. The van der Waals surface area contributed by atoms with Gasteiger partial charge in [0, 0.05) is 44.0 Å². The average molecular weight is 621 g/mol. The second-order valence-corrected chi connectivity index (χ2v) is 12.0. The van der Waals surface area contributed by atoms with E-state index < -0.39 is 15.8 Å². The molecule has 1 fully saturated rings. The number of hydrogen-bond donors (Lipinski definition) is 3. The molecule has 0 atom stereocenters. The number of nitrogens with zero attached hydrogens (tertiary/aromatic N) is 2. The molecule has 0 radical (unpaired) electrons. The average Bonchev–Trinajstić information content (AvgIpc) is 2.93. The Morgan fingerprint density at radius 1 is 1.05 bits per heavy atom. The molecule has 1 aliphatic heterocycles. The topological polar surface area (TPSA) is 111 Å². The Hall–Kier alpha value is -3.54. The van der Waals surface area contributed by atoms with Gasteiger partial charge in [-0.15, -0.1) is 12.4 Å². The number of piperidine rings is 1. The van der Waals surface area contributed by atoms with Crippen LogP contribution in [0.15, 0.2) is 66.7 Å². The third-order valence-corrected chi connectivity index (χ3v) is 7.53. The van der Waals surface area contributed by atoms with Crippen LogP contribution < -0.4 is 14.8 Å². The van der Waals surface area contributed by atoms with Crippen LogP contribution in [0.3, 0.4) is 0 Å². The molecule has 2 amide bonds. The highest BCUT2D eigenvalue weighted by atomic mass is 35.5. The number of phenolic OH excluding ortho intramolecular Hbond substituents is 1. The minimum Gasteiger partial charge on any atom is -0.508 e. The molecule has 1 aliphatic rings. The van der Waals surface area contributed by atoms with Crippen LogP contribution in [0.1, 0.15) is 38.2 Å². The van der Waals surface area contributed by atoms with Gasteiger partial charge in [0.25, 0.3) is 0 Å². The zero-order valence-electron chi connectivity index (χ0n) is 23.8. The first-order valence-electron chi connectivity index (χ1n) is 13.7. The van der Waals surface area contributed by atoms with E-state index in [1.807, 2.05) is 24.3 Å². The summed E-state index contributed by atoms with van der Waals surface area (Å²) < 4.78 is 45.2. The summed E-state index contributed by atoms with van der Waals surface area (Å²) in [4.78, 5) is 17.3. The molecule has 0 aliphatic carbocycles. The summed E-state index contributed by atoms with van der Waals surface area (Å²) in [5.41, 5.74) is 1.59. The van der Waals surface area contributed by atoms with Gasteiger partial charge in [0.1, 0.15) is 23.1 Å². The molecule has 228 valence electrons. The fraction of sp³-hybridized carbons (Fsp3) is 0.367. The quantitative estimate of drug-likeness (QED) is 0.228. The molecular weight excluding hydrogens is 583 g/mol. The van der Waals surface area contributed by atoms with Gasteiger partial charge in [-0.2, -0.15) is 0 Å². The molecule has 9 nitrogen and oxygen atoms in total. The molecule has 1 saturated heterocycles. The van der Waals surface area contributed by atoms with E-state index >= 15 is 0 Å². The number of rotatable bonds is 11. The zero-order chi connectivity index (χ0) is 29.4. The van der Waals surface area contributed by atoms with Crippen molar-refractivity contribution in [3.8, 4) is 17.2 Å². The number of phenols is 1. The minimum absolute atomic E-state index is 0. The lowest BCUT2D eigenvalue weighted by Crippen LogP contribution is -2.49. The smallest absolute Gasteiger partial charge is 0.322 e. The Labute approximate surface area is 253 Å². The van der Waals surface area contributed by atoms with Crippen LogP contribution in [0.25, 0.3) is 0 Å². The summed E-state index contributed by atoms with van der Waals surface area (Å²) >= 11 is 0. The van der Waals surface area contributed by atoms with E-state index in [9.17, 15) is 22.7 Å². The number of halogens is 2. The molecule has 0 unspecified atom stereocenters. The summed E-state index contributed by atoms with van der Waals surface area (Å²) in [5.74, 6) is 0.588. The van der Waals surface area contributed by atoms with E-state index in [0.717, 1.165) is 63.2 Å². The molecule has 3 N–H and O–H groups in total. The minimum atomic E-state index is -3.33. The van der Waals surface area contributed by atoms with E-state index in [1.165, 1.54) is 12.1 Å². The summed E-state index contributed by atoms with van der Waals surface area (Å²) in [7, 11) is -3.33. The number of carbonyl (C=O) groups excluding carboxylic acids is 1. The second-order valence-electron chi connectivity index (χ2n) is 10.3. The number of amides is 2. The lowest BCUT2D eigenvalue weighted by atomic mass is 10.0. The fourth-order valence-corrected chi connectivity index (χ4v) is 5.39. The van der Waals surface area contributed by atoms with Crippen LogP contribution in [-0.4, -0.2) is 61.3 Å². The van der Waals surface area contributed by atoms with Crippen molar-refractivity contribution in [3.63, 3.8) is 0 Å². The number of urea groups is 1. The number of benzene rings is 3. The molecular formula is C30H38ClFN4O5S. The van der Waals surface area contributed by atoms with Crippen molar-refractivity contribution in [2.24, 2.45) is 0 Å². The molecule has 0 saturated carbocycles. The maximum Gasteiger partial charge on any atom is 0.322 e. The van der Waals surface area contributed by atoms with Crippen molar-refractivity contribution in [2.45, 2.75) is 45.2 Å². The summed E-state index contributed by atoms with van der Waals surface area (Å²) in [6.45, 7) is 5.08. The van der Waals surface area contributed by atoms with Gasteiger partial charge < -0.3 is 20.1 Å². The summed E-state index contributed by atoms with van der Waals surface area (Å²) in [6, 6.07) is 17.9. The SMILES string of the molecule is CCCCN(C(=O)Nc1cc(O)ccc1F)C1CCN(Cc2ccc(Oc3ccc(NS(C)(=O)=O)cc3)cc2)CC1.Cl. The van der Waals surface area contributed by atoms with Gasteiger partial charge in [-0.3, -0.25) is 9.62 Å². The van der Waals surface area contributed by atoms with Gasteiger partial charge in [0.2, 0.25) is 10.0 Å². The maximum absolute atomic E-state index is 14.2. The molecule has 3 aromatic rings. The van der Waals surface area contributed by atoms with Crippen LogP contribution in [0.5, 0.6) is 17.2 Å². The first-order valence-corrected chi connectivity index (χ1v) is 15.6. The van der Waals surface area contributed by atoms with E-state index in [4.69, 9.17) is 4.74 Å². The van der Waals surface area contributed by atoms with Crippen molar-refractivity contribution in [3.05, 3.63) is 78.1 Å². The first-order chi connectivity index (χ1) is 19.6. The third kappa shape index (κ3) is 9.78. The standard InChI is InChI=1S/C30H37FN4O5S.ClH/c1-3-4-17-35(30(37)32-29-20-25(36)9-14-28(29)31)24-15-18-34(19-16-24)21-22-5-10-26(11-6-22)40-27-12-7-23(8-13-27)33-41(2,38)39;/h5-14,20,24,33,36H,3-4,15-19,21H2,1-2H3,(H,32,37);1H. The number of carbonyl (C=O) groups is 1. The number of ether oxygens (including phenoxy) is 1. The first kappa shape index (κ1) is 33.0. The second kappa shape index (κ2) is 15.1. The number of anilines is 2. The number of unbranched alkanes of at least 4 members (excludes halogenated alkanes) is 1. The van der Waals surface area contributed by atoms with Crippen molar-refractivity contribution < 1.29 is 27.4 Å². The lowest BCUT2D eigenvalue weighted by Gasteiger charge is -2.38. The van der Waals surface area contributed by atoms with E-state index in [0.29, 0.717) is 23.7 Å². The van der Waals surface area contributed by atoms with Crippen LogP contribution in [0.4, 0.5) is 20.6 Å². The Morgan fingerprint density at radius 3 is 2.26 bits per heavy atom. The van der Waals surface area contributed by atoms with Gasteiger partial charge in [-0.1, -0.05) is 25.5 Å². The molecule has 0 aromatic heterocycles. The highest BCUT2D eigenvalue weighted by molar-refractivity contribution is 7.92. The highest BCUT2D eigenvalue weighted by Gasteiger charge is 2.28. The Kier molecular flexibility index (Phi) is 11.8. The number of likely N-dealkylation sites (tertiary alicyclic amines) is 1. The van der Waals surface area contributed by atoms with Gasteiger partial charge in [0.05, 0.1) is 11.9 Å². The molecule has 4 rings (SSSR count). The van der Waals surface area contributed by atoms with E-state index in [2.05, 4.69) is 21.9 Å². The number of aromatic hydroxyl groups is 1. The van der Waals surface area contributed by atoms with Crippen molar-refractivity contribution in [1.29, 1.82) is 0 Å². The predicted octanol–water partition coefficient (Wildman–Crippen LogP) is 6.42. The van der Waals surface area contributed by atoms with Gasteiger partial charge in [0.15, 0.2) is 0 Å². The number of sulfonamides is 1. The summed E-state index contributed by atoms with van der Waals surface area (Å²) in [5, 5.41) is 12.3. The Bertz CT molecular complexity index is 1420. The Balaban J connectivity index is 0.00000484. The Morgan fingerprint density at radius 2 is 1.67 bits per heavy atom. The van der Waals surface area contributed by atoms with Crippen LogP contribution in [0, 0.1) is 5.82 Å². The number of nitrogens with one attached hydrogen (secondary N) is 2. The van der Waals surface area contributed by atoms with Crippen LogP contribution in [0.2, 0.25) is 0 Å². The maximum atomic E-state index is 14.2.